The van der Waals surface area contributed by atoms with E-state index in [4.69, 9.17) is 0 Å². The van der Waals surface area contributed by atoms with Gasteiger partial charge in [0.25, 0.3) is 0 Å². The zero-order valence-electron chi connectivity index (χ0n) is 16.9. The Morgan fingerprint density at radius 1 is 0.440 bits per heavy atom. The van der Waals surface area contributed by atoms with Gasteiger partial charge in [-0.2, -0.15) is 0 Å². The zero-order valence-corrected chi connectivity index (χ0v) is 16.9. The average molecular weight is 341 g/mol. The summed E-state index contributed by atoms with van der Waals surface area (Å²) in [6, 6.07) is 17.8. The summed E-state index contributed by atoms with van der Waals surface area (Å²) < 4.78 is 0. The highest BCUT2D eigenvalue weighted by atomic mass is 14.1. The Labute approximate surface area is 157 Å². The standard InChI is InChI=1S/2C12H18.CH4/c1-9(2)11-5-7-12(8-6-11)10(3)4;1-9(2)11-6-5-7-12(8-11)10(3)4;/h2*5-10H,1-4H3;1H4. The average Bonchev–Trinajstić information content (AvgIpc) is 2.55. The maximum Gasteiger partial charge on any atom is -0.0219 e. The lowest BCUT2D eigenvalue weighted by Gasteiger charge is -2.09. The molecular weight excluding hydrogens is 300 g/mol. The predicted molar refractivity (Wildman–Crippen MR) is 116 cm³/mol. The first-order valence-electron chi connectivity index (χ1n) is 9.42. The molecule has 0 amide bonds. The van der Waals surface area contributed by atoms with Crippen LogP contribution in [0.4, 0.5) is 0 Å². The lowest BCUT2D eigenvalue weighted by molar-refractivity contribution is 0.834. The lowest BCUT2D eigenvalue weighted by atomic mass is 9.96. The van der Waals surface area contributed by atoms with Gasteiger partial charge in [-0.15, -0.1) is 0 Å². The van der Waals surface area contributed by atoms with Gasteiger partial charge in [0.15, 0.2) is 0 Å². The van der Waals surface area contributed by atoms with Crippen molar-refractivity contribution < 1.29 is 0 Å². The molecule has 0 radical (unpaired) electrons. The second-order valence-electron chi connectivity index (χ2n) is 7.96. The summed E-state index contributed by atoms with van der Waals surface area (Å²) in [7, 11) is 0. The Morgan fingerprint density at radius 3 is 0.960 bits per heavy atom. The largest absolute Gasteiger partial charge is 0.0776 e. The van der Waals surface area contributed by atoms with Gasteiger partial charge in [-0.05, 0) is 45.9 Å². The van der Waals surface area contributed by atoms with Crippen molar-refractivity contribution in [2.24, 2.45) is 0 Å². The summed E-state index contributed by atoms with van der Waals surface area (Å²) in [5, 5.41) is 0. The summed E-state index contributed by atoms with van der Waals surface area (Å²) in [6.07, 6.45) is 0. The third-order valence-electron chi connectivity index (χ3n) is 4.51. The van der Waals surface area contributed by atoms with Crippen LogP contribution in [0.1, 0.15) is 109 Å². The molecule has 2 aromatic rings. The number of hydrogen-bond donors (Lipinski definition) is 0. The van der Waals surface area contributed by atoms with E-state index in [1.165, 1.54) is 22.3 Å². The summed E-state index contributed by atoms with van der Waals surface area (Å²) in [6.45, 7) is 17.8. The maximum atomic E-state index is 2.31. The molecule has 0 N–H and O–H groups in total. The third kappa shape index (κ3) is 7.90. The number of rotatable bonds is 4. The van der Waals surface area contributed by atoms with E-state index in [0.29, 0.717) is 23.7 Å². The van der Waals surface area contributed by atoms with Crippen molar-refractivity contribution in [1.29, 1.82) is 0 Å². The summed E-state index contributed by atoms with van der Waals surface area (Å²) in [5.41, 5.74) is 5.75. The molecule has 0 heteroatoms. The van der Waals surface area contributed by atoms with Crippen molar-refractivity contribution in [3.05, 3.63) is 70.8 Å². The molecule has 140 valence electrons. The van der Waals surface area contributed by atoms with Gasteiger partial charge in [-0.1, -0.05) is 111 Å². The van der Waals surface area contributed by atoms with E-state index >= 15 is 0 Å². The van der Waals surface area contributed by atoms with E-state index in [-0.39, 0.29) is 7.43 Å². The van der Waals surface area contributed by atoms with Crippen LogP contribution >= 0.6 is 0 Å². The Kier molecular flexibility index (Phi) is 10.4. The highest BCUT2D eigenvalue weighted by molar-refractivity contribution is 5.28. The molecule has 2 aromatic carbocycles. The van der Waals surface area contributed by atoms with E-state index in [9.17, 15) is 0 Å². The maximum absolute atomic E-state index is 2.31. The van der Waals surface area contributed by atoms with Gasteiger partial charge >= 0.3 is 0 Å². The first-order valence-corrected chi connectivity index (χ1v) is 9.42. The minimum atomic E-state index is 0. The van der Waals surface area contributed by atoms with Crippen LogP contribution in [-0.4, -0.2) is 0 Å². The van der Waals surface area contributed by atoms with Crippen LogP contribution in [0.3, 0.4) is 0 Å². The van der Waals surface area contributed by atoms with Crippen LogP contribution in [0.25, 0.3) is 0 Å². The van der Waals surface area contributed by atoms with Gasteiger partial charge in [-0.25, -0.2) is 0 Å². The fraction of sp³-hybridized carbons (Fsp3) is 0.520. The van der Waals surface area contributed by atoms with E-state index in [0.717, 1.165) is 0 Å². The van der Waals surface area contributed by atoms with Crippen molar-refractivity contribution in [3.8, 4) is 0 Å². The van der Waals surface area contributed by atoms with Crippen molar-refractivity contribution >= 4 is 0 Å². The molecule has 25 heavy (non-hydrogen) atoms. The number of benzene rings is 2. The molecule has 0 aliphatic heterocycles. The molecule has 0 nitrogen and oxygen atoms in total. The Hall–Kier alpha value is -1.56. The van der Waals surface area contributed by atoms with Crippen molar-refractivity contribution in [2.75, 3.05) is 0 Å². The minimum absolute atomic E-state index is 0. The third-order valence-corrected chi connectivity index (χ3v) is 4.51. The topological polar surface area (TPSA) is 0 Å². The molecule has 0 heterocycles. The van der Waals surface area contributed by atoms with Gasteiger partial charge in [0.2, 0.25) is 0 Å². The van der Waals surface area contributed by atoms with Crippen LogP contribution in [-0.2, 0) is 0 Å². The van der Waals surface area contributed by atoms with Crippen LogP contribution < -0.4 is 0 Å². The molecule has 0 fully saturated rings. The van der Waals surface area contributed by atoms with Crippen LogP contribution in [0.2, 0.25) is 0 Å². The van der Waals surface area contributed by atoms with Crippen LogP contribution in [0.5, 0.6) is 0 Å². The van der Waals surface area contributed by atoms with E-state index in [1.54, 1.807) is 0 Å². The smallest absolute Gasteiger partial charge is 0.0219 e. The Bertz CT molecular complexity index is 535. The molecule has 0 bridgehead atoms. The first-order chi connectivity index (χ1) is 11.2. The fourth-order valence-corrected chi connectivity index (χ4v) is 2.54. The monoisotopic (exact) mass is 340 g/mol. The molecule has 0 atom stereocenters. The molecule has 2 rings (SSSR count). The normalized spacial score (nSPS) is 10.7. The minimum Gasteiger partial charge on any atom is -0.0776 e. The second-order valence-corrected chi connectivity index (χ2v) is 7.96. The Balaban J connectivity index is 0.000000443. The van der Waals surface area contributed by atoms with Crippen molar-refractivity contribution in [3.63, 3.8) is 0 Å². The molecular formula is C25H40. The van der Waals surface area contributed by atoms with Gasteiger partial charge in [-0.3, -0.25) is 0 Å². The van der Waals surface area contributed by atoms with E-state index in [2.05, 4.69) is 104 Å². The van der Waals surface area contributed by atoms with E-state index in [1.807, 2.05) is 0 Å². The van der Waals surface area contributed by atoms with Crippen molar-refractivity contribution in [2.45, 2.75) is 86.5 Å². The van der Waals surface area contributed by atoms with Crippen LogP contribution in [0.15, 0.2) is 48.5 Å². The van der Waals surface area contributed by atoms with Gasteiger partial charge < -0.3 is 0 Å². The lowest BCUT2D eigenvalue weighted by Crippen LogP contribution is -1.91. The van der Waals surface area contributed by atoms with Gasteiger partial charge in [0.05, 0.1) is 0 Å². The molecule has 0 aliphatic rings. The number of hydrogen-bond acceptors (Lipinski definition) is 0. The second kappa shape index (κ2) is 11.1. The summed E-state index contributed by atoms with van der Waals surface area (Å²) in [4.78, 5) is 0. The Morgan fingerprint density at radius 2 is 0.720 bits per heavy atom. The molecule has 0 saturated heterocycles. The molecule has 0 aliphatic carbocycles. The molecule has 0 spiro atoms. The summed E-state index contributed by atoms with van der Waals surface area (Å²) >= 11 is 0. The highest BCUT2D eigenvalue weighted by Crippen LogP contribution is 2.20. The summed E-state index contributed by atoms with van der Waals surface area (Å²) in [5.74, 6) is 2.57. The SMILES string of the molecule is C.CC(C)c1ccc(C(C)C)cc1.CC(C)c1cccc(C(C)C)c1. The van der Waals surface area contributed by atoms with E-state index < -0.39 is 0 Å². The fourth-order valence-electron chi connectivity index (χ4n) is 2.54. The molecule has 0 unspecified atom stereocenters. The highest BCUT2D eigenvalue weighted by Gasteiger charge is 2.02. The molecule has 0 saturated carbocycles. The predicted octanol–water partition coefficient (Wildman–Crippen LogP) is 8.50. The van der Waals surface area contributed by atoms with Gasteiger partial charge in [0, 0.05) is 0 Å². The first kappa shape index (κ1) is 23.4. The molecule has 0 aromatic heterocycles. The van der Waals surface area contributed by atoms with Crippen LogP contribution in [0, 0.1) is 0 Å². The van der Waals surface area contributed by atoms with Gasteiger partial charge in [0.1, 0.15) is 0 Å². The zero-order chi connectivity index (χ0) is 18.3. The quantitative estimate of drug-likeness (QED) is 0.523. The van der Waals surface area contributed by atoms with Crippen molar-refractivity contribution in [1.82, 2.24) is 0 Å².